The molecule has 110 valence electrons. The second-order valence-electron chi connectivity index (χ2n) is 4.60. The van der Waals surface area contributed by atoms with Crippen molar-refractivity contribution in [2.75, 3.05) is 7.11 Å². The lowest BCUT2D eigenvalue weighted by atomic mass is 10.2. The Balaban J connectivity index is 2.51. The Hall–Kier alpha value is -1.66. The SMILES string of the molecule is COc1ccc(Br)c(Cn2c(C)ccc(C(N)=S)c2=O)c1. The molecule has 2 aromatic rings. The summed E-state index contributed by atoms with van der Waals surface area (Å²) in [7, 11) is 1.61. The quantitative estimate of drug-likeness (QED) is 0.845. The number of nitrogens with two attached hydrogens (primary N) is 1. The maximum absolute atomic E-state index is 12.5. The summed E-state index contributed by atoms with van der Waals surface area (Å²) in [4.78, 5) is 12.6. The molecule has 0 spiro atoms. The highest BCUT2D eigenvalue weighted by molar-refractivity contribution is 9.10. The summed E-state index contributed by atoms with van der Waals surface area (Å²) in [5.41, 5.74) is 7.55. The van der Waals surface area contributed by atoms with Crippen molar-refractivity contribution in [3.05, 3.63) is 62.0 Å². The highest BCUT2D eigenvalue weighted by Gasteiger charge is 2.11. The maximum atomic E-state index is 12.5. The molecule has 0 bridgehead atoms. The monoisotopic (exact) mass is 366 g/mol. The van der Waals surface area contributed by atoms with E-state index >= 15 is 0 Å². The van der Waals surface area contributed by atoms with Crippen molar-refractivity contribution in [2.45, 2.75) is 13.5 Å². The van der Waals surface area contributed by atoms with Crippen LogP contribution in [0.15, 0.2) is 39.6 Å². The van der Waals surface area contributed by atoms with Crippen molar-refractivity contribution in [1.29, 1.82) is 0 Å². The molecule has 0 atom stereocenters. The topological polar surface area (TPSA) is 57.2 Å². The number of methoxy groups -OCH3 is 1. The van der Waals surface area contributed by atoms with Gasteiger partial charge in [0.1, 0.15) is 10.7 Å². The molecule has 1 aromatic heterocycles. The molecule has 0 unspecified atom stereocenters. The molecule has 0 saturated carbocycles. The number of aryl methyl sites for hydroxylation is 1. The van der Waals surface area contributed by atoms with Gasteiger partial charge in [-0.05, 0) is 42.8 Å². The first-order valence-corrected chi connectivity index (χ1v) is 7.47. The Morgan fingerprint density at radius 1 is 1.38 bits per heavy atom. The number of thiocarbonyl (C=S) groups is 1. The molecule has 2 N–H and O–H groups in total. The van der Waals surface area contributed by atoms with Gasteiger partial charge in [-0.2, -0.15) is 0 Å². The van der Waals surface area contributed by atoms with Gasteiger partial charge in [-0.15, -0.1) is 0 Å². The summed E-state index contributed by atoms with van der Waals surface area (Å²) in [5.74, 6) is 0.740. The third-order valence-corrected chi connectivity index (χ3v) is 4.23. The number of nitrogens with zero attached hydrogens (tertiary/aromatic N) is 1. The van der Waals surface area contributed by atoms with Crippen molar-refractivity contribution >= 4 is 33.1 Å². The van der Waals surface area contributed by atoms with E-state index in [4.69, 9.17) is 22.7 Å². The molecule has 0 aliphatic rings. The highest BCUT2D eigenvalue weighted by atomic mass is 79.9. The van der Waals surface area contributed by atoms with Gasteiger partial charge in [0.2, 0.25) is 0 Å². The van der Waals surface area contributed by atoms with Crippen molar-refractivity contribution in [1.82, 2.24) is 4.57 Å². The zero-order valence-electron chi connectivity index (χ0n) is 11.7. The van der Waals surface area contributed by atoms with E-state index in [-0.39, 0.29) is 10.5 Å². The van der Waals surface area contributed by atoms with Gasteiger partial charge in [-0.1, -0.05) is 28.1 Å². The third-order valence-electron chi connectivity index (χ3n) is 3.24. The van der Waals surface area contributed by atoms with Gasteiger partial charge >= 0.3 is 0 Å². The summed E-state index contributed by atoms with van der Waals surface area (Å²) >= 11 is 8.41. The molecule has 6 heteroatoms. The molecule has 0 aliphatic heterocycles. The van der Waals surface area contributed by atoms with Crippen LogP contribution in [-0.4, -0.2) is 16.7 Å². The number of hydrogen-bond acceptors (Lipinski definition) is 3. The largest absolute Gasteiger partial charge is 0.497 e. The van der Waals surface area contributed by atoms with Crippen LogP contribution in [0, 0.1) is 6.92 Å². The van der Waals surface area contributed by atoms with Crippen molar-refractivity contribution in [3.63, 3.8) is 0 Å². The van der Waals surface area contributed by atoms with Gasteiger partial charge in [-0.25, -0.2) is 0 Å². The predicted molar refractivity (Wildman–Crippen MR) is 91.1 cm³/mol. The second kappa shape index (κ2) is 6.41. The smallest absolute Gasteiger partial charge is 0.261 e. The van der Waals surface area contributed by atoms with Crippen molar-refractivity contribution < 1.29 is 4.74 Å². The molecule has 1 heterocycles. The van der Waals surface area contributed by atoms with E-state index in [9.17, 15) is 4.79 Å². The molecule has 0 saturated heterocycles. The summed E-state index contributed by atoms with van der Waals surface area (Å²) in [6.45, 7) is 2.29. The van der Waals surface area contributed by atoms with Gasteiger partial charge in [0.05, 0.1) is 19.2 Å². The van der Waals surface area contributed by atoms with Crippen LogP contribution >= 0.6 is 28.1 Å². The first-order chi connectivity index (χ1) is 9.93. The van der Waals surface area contributed by atoms with Gasteiger partial charge in [0.25, 0.3) is 5.56 Å². The number of halogens is 1. The van der Waals surface area contributed by atoms with Gasteiger partial charge in [0.15, 0.2) is 0 Å². The van der Waals surface area contributed by atoms with Crippen LogP contribution in [0.4, 0.5) is 0 Å². The van der Waals surface area contributed by atoms with Crippen LogP contribution in [-0.2, 0) is 6.54 Å². The molecule has 1 aromatic carbocycles. The van der Waals surface area contributed by atoms with Crippen LogP contribution in [0.25, 0.3) is 0 Å². The first-order valence-electron chi connectivity index (χ1n) is 6.26. The first kappa shape index (κ1) is 15.7. The van der Waals surface area contributed by atoms with Crippen LogP contribution in [0.3, 0.4) is 0 Å². The van der Waals surface area contributed by atoms with E-state index in [1.165, 1.54) is 0 Å². The number of rotatable bonds is 4. The minimum Gasteiger partial charge on any atom is -0.497 e. The summed E-state index contributed by atoms with van der Waals surface area (Å²) in [6, 6.07) is 9.14. The lowest BCUT2D eigenvalue weighted by Gasteiger charge is -2.13. The number of benzene rings is 1. The van der Waals surface area contributed by atoms with E-state index in [0.29, 0.717) is 12.1 Å². The van der Waals surface area contributed by atoms with Crippen LogP contribution < -0.4 is 16.0 Å². The molecule has 4 nitrogen and oxygen atoms in total. The zero-order valence-corrected chi connectivity index (χ0v) is 14.1. The van der Waals surface area contributed by atoms with E-state index < -0.39 is 0 Å². The highest BCUT2D eigenvalue weighted by Crippen LogP contribution is 2.23. The molecule has 2 rings (SSSR count). The Morgan fingerprint density at radius 3 is 2.71 bits per heavy atom. The van der Waals surface area contributed by atoms with E-state index in [1.807, 2.05) is 31.2 Å². The van der Waals surface area contributed by atoms with Crippen LogP contribution in [0.2, 0.25) is 0 Å². The number of ether oxygens (including phenoxy) is 1. The number of hydrogen-bond donors (Lipinski definition) is 1. The Labute approximate surface area is 136 Å². The van der Waals surface area contributed by atoms with Crippen LogP contribution in [0.1, 0.15) is 16.8 Å². The molecule has 0 radical (unpaired) electrons. The second-order valence-corrected chi connectivity index (χ2v) is 5.90. The summed E-state index contributed by atoms with van der Waals surface area (Å²) < 4.78 is 7.78. The number of aromatic nitrogens is 1. The standard InChI is InChI=1S/C15H15BrN2O2S/c1-9-3-5-12(14(17)21)15(19)18(9)8-10-7-11(20-2)4-6-13(10)16/h3-7H,8H2,1-2H3,(H2,17,21). The molecule has 0 amide bonds. The fraction of sp³-hybridized carbons (Fsp3) is 0.200. The normalized spacial score (nSPS) is 10.4. The molecule has 0 fully saturated rings. The Kier molecular flexibility index (Phi) is 4.80. The molecule has 0 aliphatic carbocycles. The molecule has 21 heavy (non-hydrogen) atoms. The average molecular weight is 367 g/mol. The lowest BCUT2D eigenvalue weighted by Crippen LogP contribution is -2.30. The van der Waals surface area contributed by atoms with Gasteiger partial charge in [0, 0.05) is 10.2 Å². The zero-order chi connectivity index (χ0) is 15.6. The van der Waals surface area contributed by atoms with Gasteiger partial charge in [-0.3, -0.25) is 4.79 Å². The summed E-state index contributed by atoms with van der Waals surface area (Å²) in [6.07, 6.45) is 0. The minimum absolute atomic E-state index is 0.110. The predicted octanol–water partition coefficient (Wildman–Crippen LogP) is 2.61. The fourth-order valence-corrected chi connectivity index (χ4v) is 2.55. The van der Waals surface area contributed by atoms with E-state index in [1.54, 1.807) is 17.7 Å². The van der Waals surface area contributed by atoms with E-state index in [0.717, 1.165) is 21.5 Å². The minimum atomic E-state index is -0.183. The lowest BCUT2D eigenvalue weighted by molar-refractivity contribution is 0.414. The fourth-order valence-electron chi connectivity index (χ4n) is 2.02. The van der Waals surface area contributed by atoms with Crippen molar-refractivity contribution in [2.24, 2.45) is 5.73 Å². The van der Waals surface area contributed by atoms with Crippen LogP contribution in [0.5, 0.6) is 5.75 Å². The Morgan fingerprint density at radius 2 is 2.10 bits per heavy atom. The maximum Gasteiger partial charge on any atom is 0.261 e. The average Bonchev–Trinajstić information content (AvgIpc) is 2.44. The molecular formula is C15H15BrN2O2S. The van der Waals surface area contributed by atoms with E-state index in [2.05, 4.69) is 15.9 Å². The Bertz CT molecular complexity index is 756. The molecular weight excluding hydrogens is 352 g/mol. The third kappa shape index (κ3) is 3.33. The number of pyridine rings is 1. The van der Waals surface area contributed by atoms with Gasteiger partial charge < -0.3 is 15.0 Å². The summed E-state index contributed by atoms with van der Waals surface area (Å²) in [5, 5.41) is 0. The van der Waals surface area contributed by atoms with Crippen molar-refractivity contribution in [3.8, 4) is 5.75 Å².